The standard InChI is InChI=1S/C18H24N2O2/c1-3-5-7-14-9-13(11-16(12-19)18(20)22)10-15(17(14)21)8-6-4-2/h9-11,21H,3-8H2,1-2H3,(H2,20,22)/b16-11+. The molecular formula is C18H24N2O2. The number of phenolic OH excluding ortho intramolecular Hbond substituents is 1. The van der Waals surface area contributed by atoms with Gasteiger partial charge in [0.25, 0.3) is 5.91 Å². The molecule has 0 saturated heterocycles. The predicted molar refractivity (Wildman–Crippen MR) is 88.1 cm³/mol. The summed E-state index contributed by atoms with van der Waals surface area (Å²) in [6.45, 7) is 4.19. The Labute approximate surface area is 132 Å². The van der Waals surface area contributed by atoms with Gasteiger partial charge in [0, 0.05) is 0 Å². The molecule has 0 aromatic heterocycles. The fraction of sp³-hybridized carbons (Fsp3) is 0.444. The number of phenols is 1. The lowest BCUT2D eigenvalue weighted by Gasteiger charge is -2.12. The summed E-state index contributed by atoms with van der Waals surface area (Å²) < 4.78 is 0. The molecular weight excluding hydrogens is 276 g/mol. The van der Waals surface area contributed by atoms with Crippen molar-refractivity contribution in [2.45, 2.75) is 52.4 Å². The Morgan fingerprint density at radius 3 is 2.09 bits per heavy atom. The van der Waals surface area contributed by atoms with Gasteiger partial charge in [-0.3, -0.25) is 4.79 Å². The zero-order valence-electron chi connectivity index (χ0n) is 13.4. The molecule has 0 aliphatic heterocycles. The number of nitrogens with zero attached hydrogens (tertiary/aromatic N) is 1. The van der Waals surface area contributed by atoms with Crippen LogP contribution < -0.4 is 5.73 Å². The van der Waals surface area contributed by atoms with Gasteiger partial charge in [0.05, 0.1) is 0 Å². The first-order valence-electron chi connectivity index (χ1n) is 7.79. The second kappa shape index (κ2) is 8.89. The third kappa shape index (κ3) is 4.92. The van der Waals surface area contributed by atoms with E-state index in [0.29, 0.717) is 5.75 Å². The van der Waals surface area contributed by atoms with Gasteiger partial charge in [0.15, 0.2) is 0 Å². The molecule has 0 aliphatic rings. The van der Waals surface area contributed by atoms with Crippen LogP contribution in [-0.2, 0) is 17.6 Å². The van der Waals surface area contributed by atoms with Crippen molar-refractivity contribution < 1.29 is 9.90 Å². The Balaban J connectivity index is 3.26. The molecule has 0 fully saturated rings. The van der Waals surface area contributed by atoms with E-state index in [4.69, 9.17) is 11.0 Å². The van der Waals surface area contributed by atoms with Crippen LogP contribution in [-0.4, -0.2) is 11.0 Å². The lowest BCUT2D eigenvalue weighted by atomic mass is 9.96. The van der Waals surface area contributed by atoms with Crippen LogP contribution in [0.4, 0.5) is 0 Å². The van der Waals surface area contributed by atoms with Crippen LogP contribution in [0, 0.1) is 11.3 Å². The monoisotopic (exact) mass is 300 g/mol. The minimum atomic E-state index is -0.735. The van der Waals surface area contributed by atoms with Crippen LogP contribution in [0.1, 0.15) is 56.2 Å². The minimum Gasteiger partial charge on any atom is -0.507 e. The topological polar surface area (TPSA) is 87.1 Å². The van der Waals surface area contributed by atoms with Gasteiger partial charge in [-0.1, -0.05) is 26.7 Å². The zero-order chi connectivity index (χ0) is 16.5. The molecule has 1 aromatic carbocycles. The molecule has 1 aromatic rings. The lowest BCUT2D eigenvalue weighted by Crippen LogP contribution is -2.12. The van der Waals surface area contributed by atoms with Gasteiger partial charge >= 0.3 is 0 Å². The number of benzene rings is 1. The van der Waals surface area contributed by atoms with Crippen molar-refractivity contribution in [1.29, 1.82) is 5.26 Å². The molecule has 4 heteroatoms. The average Bonchev–Trinajstić information content (AvgIpc) is 2.50. The number of hydrogen-bond donors (Lipinski definition) is 2. The normalized spacial score (nSPS) is 11.2. The van der Waals surface area contributed by atoms with Gasteiger partial charge < -0.3 is 10.8 Å². The molecule has 22 heavy (non-hydrogen) atoms. The smallest absolute Gasteiger partial charge is 0.259 e. The number of carbonyl (C=O) groups is 1. The summed E-state index contributed by atoms with van der Waals surface area (Å²) in [5.74, 6) is -0.391. The number of nitrogens with two attached hydrogens (primary N) is 1. The van der Waals surface area contributed by atoms with Crippen molar-refractivity contribution >= 4 is 12.0 Å². The van der Waals surface area contributed by atoms with Crippen molar-refractivity contribution in [2.75, 3.05) is 0 Å². The van der Waals surface area contributed by atoms with Crippen molar-refractivity contribution in [1.82, 2.24) is 0 Å². The molecule has 0 saturated carbocycles. The maximum absolute atomic E-state index is 11.2. The van der Waals surface area contributed by atoms with E-state index in [1.165, 1.54) is 6.08 Å². The third-order valence-corrected chi connectivity index (χ3v) is 3.59. The molecule has 0 spiro atoms. The van der Waals surface area contributed by atoms with Crippen molar-refractivity contribution in [3.63, 3.8) is 0 Å². The van der Waals surface area contributed by atoms with E-state index in [-0.39, 0.29) is 5.57 Å². The lowest BCUT2D eigenvalue weighted by molar-refractivity contribution is -0.114. The highest BCUT2D eigenvalue weighted by Crippen LogP contribution is 2.28. The fourth-order valence-corrected chi connectivity index (χ4v) is 2.31. The number of primary amides is 1. The van der Waals surface area contributed by atoms with E-state index in [9.17, 15) is 9.90 Å². The SMILES string of the molecule is CCCCc1cc(/C=C(\C#N)C(N)=O)cc(CCCC)c1O. The van der Waals surface area contributed by atoms with E-state index in [0.717, 1.165) is 55.2 Å². The first-order valence-corrected chi connectivity index (χ1v) is 7.79. The van der Waals surface area contributed by atoms with Gasteiger partial charge in [0.1, 0.15) is 17.4 Å². The van der Waals surface area contributed by atoms with Crippen molar-refractivity contribution in [2.24, 2.45) is 5.73 Å². The van der Waals surface area contributed by atoms with Gasteiger partial charge in [-0.05, 0) is 60.6 Å². The molecule has 0 unspecified atom stereocenters. The molecule has 118 valence electrons. The van der Waals surface area contributed by atoms with E-state index < -0.39 is 5.91 Å². The Morgan fingerprint density at radius 1 is 1.23 bits per heavy atom. The Bertz CT molecular complexity index is 569. The number of hydrogen-bond acceptors (Lipinski definition) is 3. The predicted octanol–water partition coefficient (Wildman–Crippen LogP) is 3.47. The van der Waals surface area contributed by atoms with Crippen molar-refractivity contribution in [3.8, 4) is 11.8 Å². The molecule has 4 nitrogen and oxygen atoms in total. The van der Waals surface area contributed by atoms with Crippen LogP contribution >= 0.6 is 0 Å². The zero-order valence-corrected chi connectivity index (χ0v) is 13.4. The molecule has 0 aliphatic carbocycles. The molecule has 3 N–H and O–H groups in total. The first kappa shape index (κ1) is 17.8. The highest BCUT2D eigenvalue weighted by atomic mass is 16.3. The number of carbonyl (C=O) groups excluding carboxylic acids is 1. The van der Waals surface area contributed by atoms with E-state index in [1.54, 1.807) is 0 Å². The number of unbranched alkanes of at least 4 members (excludes halogenated alkanes) is 2. The van der Waals surface area contributed by atoms with Crippen LogP contribution in [0.2, 0.25) is 0 Å². The van der Waals surface area contributed by atoms with E-state index in [2.05, 4.69) is 13.8 Å². The minimum absolute atomic E-state index is 0.0754. The summed E-state index contributed by atoms with van der Waals surface area (Å²) >= 11 is 0. The van der Waals surface area contributed by atoms with Gasteiger partial charge in [0.2, 0.25) is 0 Å². The molecule has 0 radical (unpaired) electrons. The van der Waals surface area contributed by atoms with Crippen molar-refractivity contribution in [3.05, 3.63) is 34.4 Å². The summed E-state index contributed by atoms with van der Waals surface area (Å²) in [5, 5.41) is 19.4. The third-order valence-electron chi connectivity index (χ3n) is 3.59. The molecule has 0 bridgehead atoms. The average molecular weight is 300 g/mol. The Hall–Kier alpha value is -2.28. The number of nitriles is 1. The highest BCUT2D eigenvalue weighted by molar-refractivity contribution is 6.00. The first-order chi connectivity index (χ1) is 10.5. The van der Waals surface area contributed by atoms with Gasteiger partial charge in [-0.15, -0.1) is 0 Å². The second-order valence-corrected chi connectivity index (χ2v) is 5.43. The molecule has 1 amide bonds. The quantitative estimate of drug-likeness (QED) is 0.569. The maximum atomic E-state index is 11.2. The number of amides is 1. The molecule has 1 rings (SSSR count). The van der Waals surface area contributed by atoms with E-state index >= 15 is 0 Å². The summed E-state index contributed by atoms with van der Waals surface area (Å²) in [5.41, 5.74) is 7.58. The summed E-state index contributed by atoms with van der Waals surface area (Å²) in [7, 11) is 0. The van der Waals surface area contributed by atoms with Crippen LogP contribution in [0.25, 0.3) is 6.08 Å². The highest BCUT2D eigenvalue weighted by Gasteiger charge is 2.11. The van der Waals surface area contributed by atoms with Gasteiger partial charge in [-0.2, -0.15) is 5.26 Å². The van der Waals surface area contributed by atoms with Gasteiger partial charge in [-0.25, -0.2) is 0 Å². The van der Waals surface area contributed by atoms with E-state index in [1.807, 2.05) is 18.2 Å². The summed E-state index contributed by atoms with van der Waals surface area (Å²) in [4.78, 5) is 11.2. The maximum Gasteiger partial charge on any atom is 0.259 e. The number of aryl methyl sites for hydroxylation is 2. The largest absolute Gasteiger partial charge is 0.507 e. The second-order valence-electron chi connectivity index (χ2n) is 5.43. The van der Waals surface area contributed by atoms with Crippen LogP contribution in [0.5, 0.6) is 5.75 Å². The Kier molecular flexibility index (Phi) is 7.18. The fourth-order valence-electron chi connectivity index (χ4n) is 2.31. The summed E-state index contributed by atoms with van der Waals surface area (Å²) in [6.07, 6.45) is 7.09. The number of aromatic hydroxyl groups is 1. The molecule has 0 heterocycles. The van der Waals surface area contributed by atoms with Crippen LogP contribution in [0.15, 0.2) is 17.7 Å². The summed E-state index contributed by atoms with van der Waals surface area (Å²) in [6, 6.07) is 5.48. The van der Waals surface area contributed by atoms with Crippen LogP contribution in [0.3, 0.4) is 0 Å². The number of rotatable bonds is 8. The molecule has 0 atom stereocenters. The Morgan fingerprint density at radius 2 is 1.73 bits per heavy atom.